The van der Waals surface area contributed by atoms with Crippen molar-refractivity contribution in [3.8, 4) is 0 Å². The highest BCUT2D eigenvalue weighted by molar-refractivity contribution is 5.86. The number of rotatable bonds is 4. The van der Waals surface area contributed by atoms with E-state index in [4.69, 9.17) is 4.74 Å². The summed E-state index contributed by atoms with van der Waals surface area (Å²) in [6, 6.07) is 3.30. The molecule has 0 bridgehead atoms. The second-order valence-electron chi connectivity index (χ2n) is 5.46. The summed E-state index contributed by atoms with van der Waals surface area (Å²) in [4.78, 5) is 25.5. The van der Waals surface area contributed by atoms with Crippen LogP contribution in [0, 0.1) is 10.1 Å². The molecule has 0 radical (unpaired) electrons. The van der Waals surface area contributed by atoms with Gasteiger partial charge in [0.2, 0.25) is 0 Å². The van der Waals surface area contributed by atoms with Crippen LogP contribution in [0.5, 0.6) is 0 Å². The number of aryl methyl sites for hydroxylation is 2. The van der Waals surface area contributed by atoms with Crippen LogP contribution in [0.4, 0.5) is 11.4 Å². The number of ether oxygens (including phenoxy) is 1. The van der Waals surface area contributed by atoms with Crippen LogP contribution >= 0.6 is 0 Å². The molecule has 1 aromatic heterocycles. The van der Waals surface area contributed by atoms with E-state index in [0.29, 0.717) is 50.6 Å². The van der Waals surface area contributed by atoms with E-state index in [1.54, 1.807) is 15.2 Å². The molecule has 8 nitrogen and oxygen atoms in total. The van der Waals surface area contributed by atoms with Crippen LogP contribution in [0.1, 0.15) is 13.8 Å². The normalized spacial score (nSPS) is 15.3. The van der Waals surface area contributed by atoms with Crippen molar-refractivity contribution in [2.75, 3.05) is 31.2 Å². The van der Waals surface area contributed by atoms with Crippen molar-refractivity contribution in [2.24, 2.45) is 0 Å². The molecular weight excluding hydrogens is 300 g/mol. The van der Waals surface area contributed by atoms with Gasteiger partial charge in [-0.25, -0.2) is 4.79 Å². The predicted molar refractivity (Wildman–Crippen MR) is 87.2 cm³/mol. The summed E-state index contributed by atoms with van der Waals surface area (Å²) in [6.45, 7) is 7.09. The minimum absolute atomic E-state index is 0.0369. The minimum atomic E-state index is -0.377. The molecule has 1 fully saturated rings. The lowest BCUT2D eigenvalue weighted by molar-refractivity contribution is -0.384. The fourth-order valence-electron chi connectivity index (χ4n) is 3.15. The minimum Gasteiger partial charge on any atom is -0.378 e. The molecular formula is C15H20N4O4. The van der Waals surface area contributed by atoms with Gasteiger partial charge in [-0.2, -0.15) is 0 Å². The first kappa shape index (κ1) is 15.5. The van der Waals surface area contributed by atoms with Crippen molar-refractivity contribution >= 4 is 22.4 Å². The van der Waals surface area contributed by atoms with E-state index < -0.39 is 0 Å². The number of imidazole rings is 1. The molecule has 2 heterocycles. The van der Waals surface area contributed by atoms with Gasteiger partial charge in [0.05, 0.1) is 29.2 Å². The summed E-state index contributed by atoms with van der Waals surface area (Å²) >= 11 is 0. The molecule has 0 atom stereocenters. The number of benzene rings is 1. The Morgan fingerprint density at radius 1 is 1.13 bits per heavy atom. The third-order valence-electron chi connectivity index (χ3n) is 4.30. The predicted octanol–water partition coefficient (Wildman–Crippen LogP) is 1.59. The van der Waals surface area contributed by atoms with Gasteiger partial charge in [0.1, 0.15) is 5.69 Å². The van der Waals surface area contributed by atoms with Crippen LogP contribution in [0.15, 0.2) is 16.9 Å². The molecule has 0 aliphatic carbocycles. The van der Waals surface area contributed by atoms with Crippen LogP contribution in [0.2, 0.25) is 0 Å². The molecule has 0 saturated carbocycles. The van der Waals surface area contributed by atoms with Gasteiger partial charge < -0.3 is 9.64 Å². The first-order valence-corrected chi connectivity index (χ1v) is 7.82. The summed E-state index contributed by atoms with van der Waals surface area (Å²) in [6.07, 6.45) is 0. The Balaban J connectivity index is 2.28. The summed E-state index contributed by atoms with van der Waals surface area (Å²) in [7, 11) is 0. The Morgan fingerprint density at radius 3 is 2.22 bits per heavy atom. The number of nitrogens with zero attached hydrogens (tertiary/aromatic N) is 4. The highest BCUT2D eigenvalue weighted by Crippen LogP contribution is 2.33. The van der Waals surface area contributed by atoms with Crippen molar-refractivity contribution in [2.45, 2.75) is 26.9 Å². The van der Waals surface area contributed by atoms with Crippen molar-refractivity contribution in [3.63, 3.8) is 0 Å². The molecule has 2 aromatic rings. The van der Waals surface area contributed by atoms with Gasteiger partial charge in [-0.05, 0) is 19.9 Å². The van der Waals surface area contributed by atoms with Gasteiger partial charge in [0.25, 0.3) is 5.69 Å². The van der Waals surface area contributed by atoms with Crippen LogP contribution in [0.25, 0.3) is 11.0 Å². The summed E-state index contributed by atoms with van der Waals surface area (Å²) < 4.78 is 8.56. The third kappa shape index (κ3) is 2.48. The summed E-state index contributed by atoms with van der Waals surface area (Å²) in [5, 5.41) is 11.5. The van der Waals surface area contributed by atoms with E-state index in [0.717, 1.165) is 5.52 Å². The molecule has 124 valence electrons. The number of hydrogen-bond acceptors (Lipinski definition) is 5. The number of nitro benzene ring substituents is 1. The topological polar surface area (TPSA) is 82.5 Å². The molecule has 8 heteroatoms. The summed E-state index contributed by atoms with van der Waals surface area (Å²) in [5.74, 6) is 0. The Kier molecular flexibility index (Phi) is 4.08. The van der Waals surface area contributed by atoms with E-state index in [2.05, 4.69) is 0 Å². The lowest BCUT2D eigenvalue weighted by Gasteiger charge is -2.28. The number of anilines is 1. The van der Waals surface area contributed by atoms with E-state index in [1.807, 2.05) is 18.7 Å². The van der Waals surface area contributed by atoms with Gasteiger partial charge in [0.15, 0.2) is 0 Å². The van der Waals surface area contributed by atoms with Crippen LogP contribution in [-0.4, -0.2) is 40.4 Å². The SMILES string of the molecule is CCn1c(=O)n(CC)c2cc([N+](=O)[O-])c(N3CCOCC3)cc21. The fraction of sp³-hybridized carbons (Fsp3) is 0.533. The molecule has 3 rings (SSSR count). The van der Waals surface area contributed by atoms with E-state index >= 15 is 0 Å². The highest BCUT2D eigenvalue weighted by Gasteiger charge is 2.25. The average molecular weight is 320 g/mol. The number of hydrogen-bond donors (Lipinski definition) is 0. The zero-order valence-electron chi connectivity index (χ0n) is 13.3. The molecule has 23 heavy (non-hydrogen) atoms. The van der Waals surface area contributed by atoms with Gasteiger partial charge in [-0.3, -0.25) is 19.2 Å². The van der Waals surface area contributed by atoms with Crippen LogP contribution < -0.4 is 10.6 Å². The monoisotopic (exact) mass is 320 g/mol. The summed E-state index contributed by atoms with van der Waals surface area (Å²) in [5.41, 5.74) is 1.82. The van der Waals surface area contributed by atoms with Crippen molar-refractivity contribution < 1.29 is 9.66 Å². The van der Waals surface area contributed by atoms with E-state index in [1.165, 1.54) is 6.07 Å². The van der Waals surface area contributed by atoms with Crippen molar-refractivity contribution in [1.29, 1.82) is 0 Å². The third-order valence-corrected chi connectivity index (χ3v) is 4.30. The Labute approximate surface area is 133 Å². The average Bonchev–Trinajstić information content (AvgIpc) is 2.84. The molecule has 1 aliphatic rings. The molecule has 0 unspecified atom stereocenters. The number of aromatic nitrogens is 2. The number of morpholine rings is 1. The highest BCUT2D eigenvalue weighted by atomic mass is 16.6. The van der Waals surface area contributed by atoms with Crippen LogP contribution in [-0.2, 0) is 17.8 Å². The second-order valence-corrected chi connectivity index (χ2v) is 5.46. The maximum Gasteiger partial charge on any atom is 0.329 e. The quantitative estimate of drug-likeness (QED) is 0.631. The van der Waals surface area contributed by atoms with Gasteiger partial charge >= 0.3 is 5.69 Å². The Bertz CT molecular complexity index is 802. The lowest BCUT2D eigenvalue weighted by atomic mass is 10.2. The Morgan fingerprint density at radius 2 is 1.70 bits per heavy atom. The largest absolute Gasteiger partial charge is 0.378 e. The molecule has 1 aromatic carbocycles. The molecule has 1 aliphatic heterocycles. The van der Waals surface area contributed by atoms with Crippen LogP contribution in [0.3, 0.4) is 0 Å². The van der Waals surface area contributed by atoms with E-state index in [-0.39, 0.29) is 16.3 Å². The molecule has 0 N–H and O–H groups in total. The zero-order valence-corrected chi connectivity index (χ0v) is 13.3. The van der Waals surface area contributed by atoms with Crippen molar-refractivity contribution in [3.05, 3.63) is 32.7 Å². The smallest absolute Gasteiger partial charge is 0.329 e. The van der Waals surface area contributed by atoms with Crippen molar-refractivity contribution in [1.82, 2.24) is 9.13 Å². The molecule has 1 saturated heterocycles. The first-order valence-electron chi connectivity index (χ1n) is 7.82. The fourth-order valence-corrected chi connectivity index (χ4v) is 3.15. The molecule has 0 amide bonds. The number of nitro groups is 1. The maximum absolute atomic E-state index is 12.4. The van der Waals surface area contributed by atoms with E-state index in [9.17, 15) is 14.9 Å². The Hall–Kier alpha value is -2.35. The standard InChI is InChI=1S/C15H20N4O4/c1-3-17-12-9-11(16-5-7-23-8-6-16)14(19(21)22)10-13(12)18(4-2)15(17)20/h9-10H,3-8H2,1-2H3. The second kappa shape index (κ2) is 6.04. The maximum atomic E-state index is 12.4. The lowest BCUT2D eigenvalue weighted by Crippen LogP contribution is -2.36. The number of fused-ring (bicyclic) bond motifs is 1. The van der Waals surface area contributed by atoms with Gasteiger partial charge in [0, 0.05) is 32.2 Å². The zero-order chi connectivity index (χ0) is 16.6. The van der Waals surface area contributed by atoms with Gasteiger partial charge in [-0.15, -0.1) is 0 Å². The van der Waals surface area contributed by atoms with Gasteiger partial charge in [-0.1, -0.05) is 0 Å². The molecule has 0 spiro atoms. The first-order chi connectivity index (χ1) is 11.1.